The molecule has 1 heterocycles. The number of carbonyl (C=O) groups excluding carboxylic acids is 1. The lowest BCUT2D eigenvalue weighted by atomic mass is 10.2. The van der Waals surface area contributed by atoms with Gasteiger partial charge in [-0.2, -0.15) is 0 Å². The van der Waals surface area contributed by atoms with Crippen LogP contribution in [0.1, 0.15) is 15.2 Å². The van der Waals surface area contributed by atoms with E-state index >= 15 is 0 Å². The normalized spacial score (nSPS) is 10.6. The van der Waals surface area contributed by atoms with E-state index in [1.165, 1.54) is 11.3 Å². The first-order chi connectivity index (χ1) is 8.29. The molecule has 0 bridgehead atoms. The lowest BCUT2D eigenvalue weighted by Gasteiger charge is -1.98. The highest BCUT2D eigenvalue weighted by Gasteiger charge is 2.01. The Morgan fingerprint density at radius 1 is 1.24 bits per heavy atom. The number of thiophene rings is 1. The summed E-state index contributed by atoms with van der Waals surface area (Å²) in [4.78, 5) is 12.5. The summed E-state index contributed by atoms with van der Waals surface area (Å²) in [5.41, 5.74) is 0.982. The number of methoxy groups -OCH3 is 1. The van der Waals surface area contributed by atoms with E-state index in [1.54, 1.807) is 13.2 Å². The molecule has 0 unspecified atom stereocenters. The summed E-state index contributed by atoms with van der Waals surface area (Å²) in [6.45, 7) is 0. The molecule has 1 aromatic heterocycles. The molecule has 2 aromatic rings. The lowest BCUT2D eigenvalue weighted by molar-refractivity contribution is 0.105. The molecule has 3 heteroatoms. The Morgan fingerprint density at radius 3 is 2.59 bits per heavy atom. The van der Waals surface area contributed by atoms with Gasteiger partial charge in [0.2, 0.25) is 0 Å². The van der Waals surface area contributed by atoms with Crippen LogP contribution < -0.4 is 4.74 Å². The summed E-state index contributed by atoms with van der Waals surface area (Å²) in [6.07, 6.45) is 3.40. The van der Waals surface area contributed by atoms with Gasteiger partial charge in [-0.3, -0.25) is 4.79 Å². The summed E-state index contributed by atoms with van der Waals surface area (Å²) in [5.74, 6) is 0.850. The monoisotopic (exact) mass is 244 g/mol. The van der Waals surface area contributed by atoms with Gasteiger partial charge in [-0.1, -0.05) is 24.3 Å². The Kier molecular flexibility index (Phi) is 3.73. The Balaban J connectivity index is 2.07. The summed E-state index contributed by atoms with van der Waals surface area (Å²) >= 11 is 1.45. The largest absolute Gasteiger partial charge is 0.497 e. The van der Waals surface area contributed by atoms with E-state index < -0.39 is 0 Å². The van der Waals surface area contributed by atoms with Gasteiger partial charge in [-0.05, 0) is 35.2 Å². The number of ether oxygens (including phenoxy) is 1. The Morgan fingerprint density at radius 2 is 2.00 bits per heavy atom. The molecule has 0 aliphatic heterocycles. The zero-order valence-corrected chi connectivity index (χ0v) is 10.2. The van der Waals surface area contributed by atoms with Gasteiger partial charge in [0.15, 0.2) is 5.78 Å². The minimum atomic E-state index is 0.0378. The van der Waals surface area contributed by atoms with E-state index in [4.69, 9.17) is 4.74 Å². The highest BCUT2D eigenvalue weighted by atomic mass is 32.1. The SMILES string of the molecule is COc1ccc(/C=C\C(=O)c2cccs2)cc1. The molecule has 0 spiro atoms. The van der Waals surface area contributed by atoms with Gasteiger partial charge in [0.1, 0.15) is 5.75 Å². The van der Waals surface area contributed by atoms with Crippen LogP contribution in [-0.4, -0.2) is 12.9 Å². The number of hydrogen-bond donors (Lipinski definition) is 0. The molecule has 0 amide bonds. The van der Waals surface area contributed by atoms with Gasteiger partial charge in [-0.25, -0.2) is 0 Å². The third-order valence-electron chi connectivity index (χ3n) is 2.31. The second kappa shape index (κ2) is 5.46. The number of hydrogen-bond acceptors (Lipinski definition) is 3. The Hall–Kier alpha value is -1.87. The van der Waals surface area contributed by atoms with E-state index in [2.05, 4.69) is 0 Å². The van der Waals surface area contributed by atoms with Crippen LogP contribution in [0.15, 0.2) is 47.9 Å². The summed E-state index contributed by atoms with van der Waals surface area (Å²) in [7, 11) is 1.63. The van der Waals surface area contributed by atoms with Gasteiger partial charge in [-0.15, -0.1) is 11.3 Å². The molecule has 2 nitrogen and oxygen atoms in total. The van der Waals surface area contributed by atoms with Crippen LogP contribution in [0.25, 0.3) is 6.08 Å². The fraction of sp³-hybridized carbons (Fsp3) is 0.0714. The maximum atomic E-state index is 11.7. The molecule has 17 heavy (non-hydrogen) atoms. The first-order valence-corrected chi connectivity index (χ1v) is 6.07. The third-order valence-corrected chi connectivity index (χ3v) is 3.19. The molecular weight excluding hydrogens is 232 g/mol. The first-order valence-electron chi connectivity index (χ1n) is 5.19. The van der Waals surface area contributed by atoms with Crippen molar-refractivity contribution in [3.05, 3.63) is 58.3 Å². The molecule has 0 radical (unpaired) electrons. The number of carbonyl (C=O) groups is 1. The lowest BCUT2D eigenvalue weighted by Crippen LogP contribution is -1.88. The molecule has 0 aliphatic rings. The van der Waals surface area contributed by atoms with Crippen molar-refractivity contribution in [1.82, 2.24) is 0 Å². The Bertz CT molecular complexity index is 510. The zero-order valence-electron chi connectivity index (χ0n) is 9.42. The smallest absolute Gasteiger partial charge is 0.195 e. The second-order valence-electron chi connectivity index (χ2n) is 3.45. The van der Waals surface area contributed by atoms with Gasteiger partial charge < -0.3 is 4.74 Å². The standard InChI is InChI=1S/C14H12O2S/c1-16-12-7-4-11(5-8-12)6-9-13(15)14-3-2-10-17-14/h2-10H,1H3/b9-6-. The van der Waals surface area contributed by atoms with E-state index in [0.717, 1.165) is 16.2 Å². The molecule has 2 rings (SSSR count). The molecule has 0 fully saturated rings. The van der Waals surface area contributed by atoms with Crippen molar-refractivity contribution >= 4 is 23.2 Å². The van der Waals surface area contributed by atoms with E-state index in [1.807, 2.05) is 47.9 Å². The van der Waals surface area contributed by atoms with Crippen LogP contribution in [0.2, 0.25) is 0 Å². The average molecular weight is 244 g/mol. The molecule has 0 atom stereocenters. The fourth-order valence-corrected chi connectivity index (χ4v) is 2.03. The number of allylic oxidation sites excluding steroid dienone is 1. The zero-order chi connectivity index (χ0) is 12.1. The van der Waals surface area contributed by atoms with Crippen LogP contribution in [0.4, 0.5) is 0 Å². The van der Waals surface area contributed by atoms with E-state index in [9.17, 15) is 4.79 Å². The molecule has 1 aromatic carbocycles. The van der Waals surface area contributed by atoms with Gasteiger partial charge in [0.25, 0.3) is 0 Å². The van der Waals surface area contributed by atoms with Crippen molar-refractivity contribution in [3.8, 4) is 5.75 Å². The molecule has 0 aliphatic carbocycles. The number of rotatable bonds is 4. The minimum absolute atomic E-state index is 0.0378. The average Bonchev–Trinajstić information content (AvgIpc) is 2.90. The summed E-state index contributed by atoms with van der Waals surface area (Å²) < 4.78 is 5.06. The number of ketones is 1. The van der Waals surface area contributed by atoms with Crippen molar-refractivity contribution in [2.75, 3.05) is 7.11 Å². The minimum Gasteiger partial charge on any atom is -0.497 e. The van der Waals surface area contributed by atoms with Crippen LogP contribution in [0.5, 0.6) is 5.75 Å². The molecule has 0 saturated carbocycles. The predicted molar refractivity (Wildman–Crippen MR) is 70.7 cm³/mol. The van der Waals surface area contributed by atoms with Crippen molar-refractivity contribution in [2.45, 2.75) is 0 Å². The van der Waals surface area contributed by atoms with Crippen LogP contribution >= 0.6 is 11.3 Å². The maximum Gasteiger partial charge on any atom is 0.195 e. The van der Waals surface area contributed by atoms with Crippen molar-refractivity contribution in [1.29, 1.82) is 0 Å². The van der Waals surface area contributed by atoms with Gasteiger partial charge >= 0.3 is 0 Å². The van der Waals surface area contributed by atoms with Crippen LogP contribution in [-0.2, 0) is 0 Å². The van der Waals surface area contributed by atoms with E-state index in [-0.39, 0.29) is 5.78 Å². The van der Waals surface area contributed by atoms with Gasteiger partial charge in [0, 0.05) is 0 Å². The topological polar surface area (TPSA) is 26.3 Å². The molecule has 0 saturated heterocycles. The van der Waals surface area contributed by atoms with E-state index in [0.29, 0.717) is 0 Å². The quantitative estimate of drug-likeness (QED) is 0.606. The van der Waals surface area contributed by atoms with Crippen molar-refractivity contribution < 1.29 is 9.53 Å². The molecule has 0 N–H and O–H groups in total. The third kappa shape index (κ3) is 3.04. The second-order valence-corrected chi connectivity index (χ2v) is 4.40. The predicted octanol–water partition coefficient (Wildman–Crippen LogP) is 3.65. The molecule has 86 valence electrons. The first kappa shape index (κ1) is 11.6. The molecular formula is C14H12O2S. The van der Waals surface area contributed by atoms with Gasteiger partial charge in [0.05, 0.1) is 12.0 Å². The summed E-state index contributed by atoms with van der Waals surface area (Å²) in [6, 6.07) is 11.3. The van der Waals surface area contributed by atoms with Crippen LogP contribution in [0, 0.1) is 0 Å². The van der Waals surface area contributed by atoms with Crippen molar-refractivity contribution in [3.63, 3.8) is 0 Å². The highest BCUT2D eigenvalue weighted by molar-refractivity contribution is 7.12. The highest BCUT2D eigenvalue weighted by Crippen LogP contribution is 2.14. The number of benzene rings is 1. The Labute approximate surface area is 104 Å². The van der Waals surface area contributed by atoms with Crippen LogP contribution in [0.3, 0.4) is 0 Å². The maximum absolute atomic E-state index is 11.7. The van der Waals surface area contributed by atoms with Crippen molar-refractivity contribution in [2.24, 2.45) is 0 Å². The fourth-order valence-electron chi connectivity index (χ4n) is 1.39. The summed E-state index contributed by atoms with van der Waals surface area (Å²) in [5, 5.41) is 1.90.